The average Bonchev–Trinajstić information content (AvgIpc) is 2.50. The summed E-state index contributed by atoms with van der Waals surface area (Å²) in [6.45, 7) is 4.19. The Labute approximate surface area is 71.5 Å². The first-order chi connectivity index (χ1) is 5.27. The van der Waals surface area contributed by atoms with Crippen molar-refractivity contribution in [1.29, 1.82) is 0 Å². The summed E-state index contributed by atoms with van der Waals surface area (Å²) in [5, 5.41) is 3.16. The highest BCUT2D eigenvalue weighted by molar-refractivity contribution is 7.09. The van der Waals surface area contributed by atoms with Gasteiger partial charge in [0.05, 0.1) is 11.7 Å². The maximum absolute atomic E-state index is 5.81. The molecule has 1 atom stereocenters. The monoisotopic (exact) mass is 170 g/mol. The van der Waals surface area contributed by atoms with E-state index in [2.05, 4.69) is 24.2 Å². The average molecular weight is 170 g/mol. The van der Waals surface area contributed by atoms with E-state index >= 15 is 0 Å². The Bertz CT molecular complexity index is 220. The number of rotatable bonds is 3. The van der Waals surface area contributed by atoms with Gasteiger partial charge in [-0.3, -0.25) is 0 Å². The molecule has 1 aromatic rings. The highest BCUT2D eigenvalue weighted by Gasteiger charge is 2.06. The number of hydrogen-bond donors (Lipinski definition) is 1. The SMILES string of the molecule is CCc1csc(C(N)CC)n1. The molecule has 3 heteroatoms. The zero-order valence-corrected chi connectivity index (χ0v) is 7.82. The normalized spacial score (nSPS) is 13.4. The summed E-state index contributed by atoms with van der Waals surface area (Å²) in [5.74, 6) is 0. The van der Waals surface area contributed by atoms with Crippen LogP contribution < -0.4 is 5.73 Å². The number of nitrogens with zero attached hydrogens (tertiary/aromatic N) is 1. The minimum atomic E-state index is 0.139. The smallest absolute Gasteiger partial charge is 0.110 e. The fourth-order valence-electron chi connectivity index (χ4n) is 0.830. The van der Waals surface area contributed by atoms with E-state index in [1.54, 1.807) is 11.3 Å². The van der Waals surface area contributed by atoms with Crippen LogP contribution in [0.2, 0.25) is 0 Å². The number of aryl methyl sites for hydroxylation is 1. The van der Waals surface area contributed by atoms with Gasteiger partial charge in [0, 0.05) is 5.38 Å². The number of hydrogen-bond acceptors (Lipinski definition) is 3. The van der Waals surface area contributed by atoms with Crippen molar-refractivity contribution >= 4 is 11.3 Å². The van der Waals surface area contributed by atoms with Crippen molar-refractivity contribution in [2.75, 3.05) is 0 Å². The second-order valence-electron chi connectivity index (χ2n) is 2.55. The van der Waals surface area contributed by atoms with Gasteiger partial charge in [0.1, 0.15) is 5.01 Å². The number of aromatic nitrogens is 1. The molecule has 1 rings (SSSR count). The molecule has 1 aromatic heterocycles. The molecule has 0 saturated carbocycles. The van der Waals surface area contributed by atoms with E-state index in [1.165, 1.54) is 0 Å². The van der Waals surface area contributed by atoms with Crippen LogP contribution in [0.5, 0.6) is 0 Å². The molecule has 0 aliphatic rings. The van der Waals surface area contributed by atoms with Gasteiger partial charge in [0.25, 0.3) is 0 Å². The van der Waals surface area contributed by atoms with E-state index in [9.17, 15) is 0 Å². The van der Waals surface area contributed by atoms with Gasteiger partial charge >= 0.3 is 0 Å². The Hall–Kier alpha value is -0.410. The van der Waals surface area contributed by atoms with Crippen LogP contribution in [0.3, 0.4) is 0 Å². The van der Waals surface area contributed by atoms with Gasteiger partial charge in [-0.05, 0) is 12.8 Å². The van der Waals surface area contributed by atoms with E-state index in [0.717, 1.165) is 23.5 Å². The van der Waals surface area contributed by atoms with E-state index in [1.807, 2.05) is 0 Å². The summed E-state index contributed by atoms with van der Waals surface area (Å²) < 4.78 is 0. The molecule has 2 nitrogen and oxygen atoms in total. The molecule has 0 spiro atoms. The molecule has 0 aliphatic heterocycles. The van der Waals surface area contributed by atoms with Crippen molar-refractivity contribution in [2.45, 2.75) is 32.7 Å². The molecule has 0 radical (unpaired) electrons. The number of nitrogens with two attached hydrogens (primary N) is 1. The Morgan fingerprint density at radius 1 is 1.64 bits per heavy atom. The minimum absolute atomic E-state index is 0.139. The first-order valence-electron chi connectivity index (χ1n) is 3.97. The molecule has 0 amide bonds. The third kappa shape index (κ3) is 2.01. The van der Waals surface area contributed by atoms with Gasteiger partial charge in [0.2, 0.25) is 0 Å². The van der Waals surface area contributed by atoms with Gasteiger partial charge in [-0.2, -0.15) is 0 Å². The molecular formula is C8H14N2S. The summed E-state index contributed by atoms with van der Waals surface area (Å²) in [7, 11) is 0. The van der Waals surface area contributed by atoms with Crippen molar-refractivity contribution in [2.24, 2.45) is 5.73 Å². The summed E-state index contributed by atoms with van der Waals surface area (Å²) in [6, 6.07) is 0.139. The Balaban J connectivity index is 2.71. The van der Waals surface area contributed by atoms with Crippen LogP contribution in [0, 0.1) is 0 Å². The maximum atomic E-state index is 5.81. The van der Waals surface area contributed by atoms with Crippen LogP contribution in [0.1, 0.15) is 37.0 Å². The molecule has 1 heterocycles. The van der Waals surface area contributed by atoms with Crippen molar-refractivity contribution in [3.8, 4) is 0 Å². The van der Waals surface area contributed by atoms with Crippen molar-refractivity contribution in [3.63, 3.8) is 0 Å². The van der Waals surface area contributed by atoms with Gasteiger partial charge in [-0.1, -0.05) is 13.8 Å². The van der Waals surface area contributed by atoms with Crippen molar-refractivity contribution in [1.82, 2.24) is 4.98 Å². The third-order valence-electron chi connectivity index (χ3n) is 1.69. The molecule has 0 bridgehead atoms. The predicted molar refractivity (Wildman–Crippen MR) is 48.7 cm³/mol. The van der Waals surface area contributed by atoms with Crippen molar-refractivity contribution < 1.29 is 0 Å². The highest BCUT2D eigenvalue weighted by atomic mass is 32.1. The molecule has 0 aliphatic carbocycles. The minimum Gasteiger partial charge on any atom is -0.322 e. The molecule has 62 valence electrons. The molecule has 1 unspecified atom stereocenters. The van der Waals surface area contributed by atoms with Crippen LogP contribution in [-0.2, 0) is 6.42 Å². The van der Waals surface area contributed by atoms with Gasteiger partial charge < -0.3 is 5.73 Å². The Morgan fingerprint density at radius 2 is 2.36 bits per heavy atom. The lowest BCUT2D eigenvalue weighted by molar-refractivity contribution is 0.689. The fourth-order valence-corrected chi connectivity index (χ4v) is 1.82. The number of thiazole rings is 1. The zero-order valence-electron chi connectivity index (χ0n) is 7.00. The quantitative estimate of drug-likeness (QED) is 0.754. The van der Waals surface area contributed by atoms with Crippen molar-refractivity contribution in [3.05, 3.63) is 16.1 Å². The zero-order chi connectivity index (χ0) is 8.27. The second-order valence-corrected chi connectivity index (χ2v) is 3.44. The van der Waals surface area contributed by atoms with Crippen LogP contribution in [0.25, 0.3) is 0 Å². The standard InChI is InChI=1S/C8H14N2S/c1-3-6-5-11-8(10-6)7(9)4-2/h5,7H,3-4,9H2,1-2H3. The van der Waals surface area contributed by atoms with E-state index < -0.39 is 0 Å². The van der Waals surface area contributed by atoms with E-state index in [4.69, 9.17) is 5.73 Å². The molecule has 0 fully saturated rings. The van der Waals surface area contributed by atoms with Gasteiger partial charge in [-0.15, -0.1) is 11.3 Å². The second kappa shape index (κ2) is 3.83. The summed E-state index contributed by atoms with van der Waals surface area (Å²) >= 11 is 1.67. The lowest BCUT2D eigenvalue weighted by atomic mass is 10.2. The summed E-state index contributed by atoms with van der Waals surface area (Å²) in [5.41, 5.74) is 6.97. The molecule has 0 aromatic carbocycles. The summed E-state index contributed by atoms with van der Waals surface area (Å²) in [4.78, 5) is 4.39. The first-order valence-corrected chi connectivity index (χ1v) is 4.85. The largest absolute Gasteiger partial charge is 0.322 e. The van der Waals surface area contributed by atoms with Crippen LogP contribution >= 0.6 is 11.3 Å². The van der Waals surface area contributed by atoms with Crippen LogP contribution in [0.4, 0.5) is 0 Å². The highest BCUT2D eigenvalue weighted by Crippen LogP contribution is 2.18. The molecule has 0 saturated heterocycles. The van der Waals surface area contributed by atoms with Crippen LogP contribution in [-0.4, -0.2) is 4.98 Å². The molecule has 2 N–H and O–H groups in total. The maximum Gasteiger partial charge on any atom is 0.110 e. The molecule has 11 heavy (non-hydrogen) atoms. The van der Waals surface area contributed by atoms with Gasteiger partial charge in [-0.25, -0.2) is 4.98 Å². The predicted octanol–water partition coefficient (Wildman–Crippen LogP) is 2.12. The lowest BCUT2D eigenvalue weighted by Crippen LogP contribution is -2.07. The van der Waals surface area contributed by atoms with E-state index in [0.29, 0.717) is 0 Å². The summed E-state index contributed by atoms with van der Waals surface area (Å²) in [6.07, 6.45) is 1.98. The van der Waals surface area contributed by atoms with E-state index in [-0.39, 0.29) is 6.04 Å². The Morgan fingerprint density at radius 3 is 2.82 bits per heavy atom. The molecular weight excluding hydrogens is 156 g/mol. The first kappa shape index (κ1) is 8.68. The Kier molecular flexibility index (Phi) is 3.02. The van der Waals surface area contributed by atoms with Crippen LogP contribution in [0.15, 0.2) is 5.38 Å². The third-order valence-corrected chi connectivity index (χ3v) is 2.71. The lowest BCUT2D eigenvalue weighted by Gasteiger charge is -2.01. The van der Waals surface area contributed by atoms with Gasteiger partial charge in [0.15, 0.2) is 0 Å². The fraction of sp³-hybridized carbons (Fsp3) is 0.625. The topological polar surface area (TPSA) is 38.9 Å².